The van der Waals surface area contributed by atoms with Crippen LogP contribution in [-0.4, -0.2) is 17.0 Å². The Hall–Kier alpha value is -2.72. The van der Waals surface area contributed by atoms with Gasteiger partial charge in [-0.05, 0) is 23.8 Å². The first-order valence-corrected chi connectivity index (χ1v) is 5.71. The fourth-order valence-corrected chi connectivity index (χ4v) is 1.34. The molecule has 0 saturated heterocycles. The number of carbonyl (C=O) groups is 1. The Labute approximate surface area is 119 Å². The molecule has 1 amide bonds. The highest BCUT2D eigenvalue weighted by atomic mass is 35.5. The van der Waals surface area contributed by atoms with Crippen LogP contribution in [0.4, 0.5) is 5.69 Å². The van der Waals surface area contributed by atoms with Crippen LogP contribution in [0.15, 0.2) is 34.4 Å². The number of halogens is 1. The van der Waals surface area contributed by atoms with Crippen LogP contribution in [0.2, 0.25) is 0 Å². The van der Waals surface area contributed by atoms with Gasteiger partial charge in [0.2, 0.25) is 0 Å². The van der Waals surface area contributed by atoms with Crippen molar-refractivity contribution < 1.29 is 9.72 Å². The molecule has 1 aromatic rings. The minimum Gasteiger partial charge on any atom is -0.272 e. The van der Waals surface area contributed by atoms with E-state index in [2.05, 4.69) is 10.5 Å². The van der Waals surface area contributed by atoms with Gasteiger partial charge in [0.1, 0.15) is 6.42 Å². The van der Waals surface area contributed by atoms with Crippen LogP contribution >= 0.6 is 11.6 Å². The molecule has 20 heavy (non-hydrogen) atoms. The van der Waals surface area contributed by atoms with Crippen LogP contribution < -0.4 is 5.43 Å². The number of nitrogens with one attached hydrogen (secondary N) is 1. The summed E-state index contributed by atoms with van der Waals surface area (Å²) >= 11 is 5.84. The molecule has 0 heterocycles. The Bertz CT molecular complexity index is 602. The van der Waals surface area contributed by atoms with E-state index >= 15 is 0 Å². The van der Waals surface area contributed by atoms with Crippen molar-refractivity contribution in [2.75, 3.05) is 0 Å². The predicted molar refractivity (Wildman–Crippen MR) is 73.8 cm³/mol. The van der Waals surface area contributed by atoms with Gasteiger partial charge in [-0.1, -0.05) is 11.6 Å². The molecule has 0 saturated carbocycles. The second-order valence-electron chi connectivity index (χ2n) is 3.51. The monoisotopic (exact) mass is 292 g/mol. The van der Waals surface area contributed by atoms with Crippen LogP contribution in [0.3, 0.4) is 0 Å². The van der Waals surface area contributed by atoms with E-state index < -0.39 is 10.8 Å². The molecule has 0 spiro atoms. The van der Waals surface area contributed by atoms with E-state index in [1.807, 2.05) is 0 Å². The number of nitriles is 1. The molecule has 1 rings (SSSR count). The topological polar surface area (TPSA) is 108 Å². The third-order valence-electron chi connectivity index (χ3n) is 2.03. The highest BCUT2D eigenvalue weighted by Crippen LogP contribution is 2.14. The molecule has 0 aliphatic rings. The van der Waals surface area contributed by atoms with E-state index in [1.165, 1.54) is 36.6 Å². The molecule has 0 radical (unpaired) electrons. The van der Waals surface area contributed by atoms with Crippen molar-refractivity contribution in [3.63, 3.8) is 0 Å². The van der Waals surface area contributed by atoms with Gasteiger partial charge in [-0.25, -0.2) is 5.43 Å². The Kier molecular flexibility index (Phi) is 5.87. The summed E-state index contributed by atoms with van der Waals surface area (Å²) in [5, 5.41) is 22.5. The van der Waals surface area contributed by atoms with Crippen molar-refractivity contribution in [3.05, 3.63) is 45.0 Å². The Balaban J connectivity index is 2.64. The molecule has 1 N–H and O–H groups in total. The number of carbonyl (C=O) groups excluding carboxylic acids is 1. The molecule has 0 unspecified atom stereocenters. The van der Waals surface area contributed by atoms with Gasteiger partial charge in [-0.15, -0.1) is 0 Å². The van der Waals surface area contributed by atoms with Crippen molar-refractivity contribution >= 4 is 35.5 Å². The average molecular weight is 293 g/mol. The number of non-ortho nitro benzene ring substituents is 1. The molecule has 8 heteroatoms. The first-order chi connectivity index (χ1) is 9.52. The molecule has 0 atom stereocenters. The maximum atomic E-state index is 10.9. The summed E-state index contributed by atoms with van der Waals surface area (Å²) in [5.41, 5.74) is 2.75. The predicted octanol–water partition coefficient (Wildman–Crippen LogP) is 2.19. The lowest BCUT2D eigenvalue weighted by Crippen LogP contribution is -2.15. The quantitative estimate of drug-likeness (QED) is 0.509. The number of benzene rings is 1. The number of hydrogen-bond acceptors (Lipinski definition) is 5. The van der Waals surface area contributed by atoms with Gasteiger partial charge in [0.15, 0.2) is 0 Å². The highest BCUT2D eigenvalue weighted by molar-refractivity contribution is 6.41. The smallest absolute Gasteiger partial charge is 0.269 e. The summed E-state index contributed by atoms with van der Waals surface area (Å²) in [6, 6.07) is 7.43. The minimum atomic E-state index is -0.538. The van der Waals surface area contributed by atoms with Gasteiger partial charge < -0.3 is 0 Å². The number of allylic oxidation sites excluding steroid dienone is 1. The zero-order valence-electron chi connectivity index (χ0n) is 10.1. The van der Waals surface area contributed by atoms with Crippen molar-refractivity contribution in [3.8, 4) is 6.07 Å². The summed E-state index contributed by atoms with van der Waals surface area (Å²) in [7, 11) is 0. The normalized spacial score (nSPS) is 11.1. The molecule has 1 aromatic carbocycles. The van der Waals surface area contributed by atoms with Gasteiger partial charge in [-0.2, -0.15) is 10.4 Å². The first-order valence-electron chi connectivity index (χ1n) is 5.33. The molecule has 0 bridgehead atoms. The largest absolute Gasteiger partial charge is 0.272 e. The van der Waals surface area contributed by atoms with E-state index in [9.17, 15) is 14.9 Å². The fourth-order valence-electron chi connectivity index (χ4n) is 1.17. The number of rotatable bonds is 5. The van der Waals surface area contributed by atoms with Gasteiger partial charge >= 0.3 is 0 Å². The number of hydrazone groups is 1. The third kappa shape index (κ3) is 5.29. The summed E-state index contributed by atoms with van der Waals surface area (Å²) < 4.78 is 0. The van der Waals surface area contributed by atoms with E-state index in [0.29, 0.717) is 5.56 Å². The van der Waals surface area contributed by atoms with E-state index in [0.717, 1.165) is 0 Å². The van der Waals surface area contributed by atoms with Crippen molar-refractivity contribution in [1.29, 1.82) is 5.26 Å². The van der Waals surface area contributed by atoms with Crippen molar-refractivity contribution in [2.24, 2.45) is 5.10 Å². The van der Waals surface area contributed by atoms with Crippen molar-refractivity contribution in [1.82, 2.24) is 5.43 Å². The van der Waals surface area contributed by atoms with Gasteiger partial charge in [0.25, 0.3) is 11.6 Å². The first kappa shape index (κ1) is 15.3. The number of nitro benzene ring substituents is 1. The molecule has 0 aromatic heterocycles. The average Bonchev–Trinajstić information content (AvgIpc) is 2.39. The lowest BCUT2D eigenvalue weighted by molar-refractivity contribution is -0.384. The van der Waals surface area contributed by atoms with Crippen molar-refractivity contribution in [2.45, 2.75) is 6.42 Å². The maximum absolute atomic E-state index is 10.9. The molecule has 0 aliphatic heterocycles. The molecular formula is C12H9ClN4O3. The van der Waals surface area contributed by atoms with Crippen LogP contribution in [-0.2, 0) is 4.79 Å². The third-order valence-corrected chi connectivity index (χ3v) is 2.23. The number of nitrogens with zero attached hydrogens (tertiary/aromatic N) is 3. The van der Waals surface area contributed by atoms with E-state index in [1.54, 1.807) is 6.07 Å². The lowest BCUT2D eigenvalue weighted by Gasteiger charge is -1.95. The SMILES string of the molecule is N#CCC(=O)N/N=C/C(Cl)=C/c1ccc([N+](=O)[O-])cc1. The second-order valence-corrected chi connectivity index (χ2v) is 3.94. The summed E-state index contributed by atoms with van der Waals surface area (Å²) in [6.45, 7) is 0. The number of nitro groups is 1. The molecule has 0 aliphatic carbocycles. The second kappa shape index (κ2) is 7.66. The molecule has 102 valence electrons. The van der Waals surface area contributed by atoms with Crippen LogP contribution in [0.1, 0.15) is 12.0 Å². The lowest BCUT2D eigenvalue weighted by atomic mass is 10.2. The summed E-state index contributed by atoms with van der Waals surface area (Å²) in [6.07, 6.45) is 2.42. The van der Waals surface area contributed by atoms with Crippen LogP contribution in [0, 0.1) is 21.4 Å². The zero-order valence-corrected chi connectivity index (χ0v) is 10.9. The fraction of sp³-hybridized carbons (Fsp3) is 0.0833. The van der Waals surface area contributed by atoms with Gasteiger partial charge in [-0.3, -0.25) is 14.9 Å². The van der Waals surface area contributed by atoms with Crippen LogP contribution in [0.5, 0.6) is 0 Å². The Morgan fingerprint density at radius 2 is 2.15 bits per heavy atom. The van der Waals surface area contributed by atoms with E-state index in [-0.39, 0.29) is 17.1 Å². The maximum Gasteiger partial charge on any atom is 0.269 e. The summed E-state index contributed by atoms with van der Waals surface area (Å²) in [4.78, 5) is 20.9. The van der Waals surface area contributed by atoms with Gasteiger partial charge in [0.05, 0.1) is 22.2 Å². The Morgan fingerprint density at radius 3 is 2.70 bits per heavy atom. The summed E-state index contributed by atoms with van der Waals surface area (Å²) in [5.74, 6) is -0.538. The highest BCUT2D eigenvalue weighted by Gasteiger charge is 2.02. The minimum absolute atomic E-state index is 0.0179. The molecule has 7 nitrogen and oxygen atoms in total. The number of amides is 1. The number of hydrogen-bond donors (Lipinski definition) is 1. The standard InChI is InChI=1S/C12H9ClN4O3/c13-10(8-15-16-12(18)5-6-14)7-9-1-3-11(4-2-9)17(19)20/h1-4,7-8H,5H2,(H,16,18)/b10-7-,15-8+. The zero-order chi connectivity index (χ0) is 15.0. The van der Waals surface area contributed by atoms with E-state index in [4.69, 9.17) is 16.9 Å². The van der Waals surface area contributed by atoms with Crippen LogP contribution in [0.25, 0.3) is 6.08 Å². The Morgan fingerprint density at radius 1 is 1.50 bits per heavy atom. The molecular weight excluding hydrogens is 284 g/mol. The van der Waals surface area contributed by atoms with Gasteiger partial charge in [0, 0.05) is 12.1 Å². The molecule has 0 fully saturated rings.